The zero-order chi connectivity index (χ0) is 15.5. The second-order valence-corrected chi connectivity index (χ2v) is 7.84. The van der Waals surface area contributed by atoms with Crippen LogP contribution in [0.15, 0.2) is 29.2 Å². The van der Waals surface area contributed by atoms with Crippen molar-refractivity contribution in [3.05, 3.63) is 34.9 Å². The summed E-state index contributed by atoms with van der Waals surface area (Å²) in [6.07, 6.45) is 1.74. The first-order valence-corrected chi connectivity index (χ1v) is 8.88. The molecule has 5 nitrogen and oxygen atoms in total. The lowest BCUT2D eigenvalue weighted by Crippen LogP contribution is -2.28. The summed E-state index contributed by atoms with van der Waals surface area (Å²) in [5.41, 5.74) is 0.963. The van der Waals surface area contributed by atoms with E-state index in [1.54, 1.807) is 18.2 Å². The Kier molecular flexibility index (Phi) is 2.98. The van der Waals surface area contributed by atoms with Gasteiger partial charge < -0.3 is 5.32 Å². The number of carbonyl (C=O) groups excluding carboxylic acids is 1. The average molecular weight is 337 g/mol. The van der Waals surface area contributed by atoms with Crippen LogP contribution in [-0.2, 0) is 10.0 Å². The maximum atomic E-state index is 12.9. The molecule has 2 aliphatic rings. The van der Waals surface area contributed by atoms with Gasteiger partial charge in [0.15, 0.2) is 0 Å². The van der Waals surface area contributed by atoms with E-state index in [1.807, 2.05) is 0 Å². The van der Waals surface area contributed by atoms with Crippen LogP contribution in [0.2, 0.25) is 5.02 Å². The van der Waals surface area contributed by atoms with Crippen LogP contribution in [0.5, 0.6) is 0 Å². The highest BCUT2D eigenvalue weighted by atomic mass is 35.5. The van der Waals surface area contributed by atoms with Crippen LogP contribution in [-0.4, -0.2) is 31.7 Å². The van der Waals surface area contributed by atoms with Crippen LogP contribution in [0.4, 0.5) is 5.69 Å². The topological polar surface area (TPSA) is 66.5 Å². The van der Waals surface area contributed by atoms with Gasteiger partial charge in [0.1, 0.15) is 0 Å². The molecule has 4 rings (SSSR count). The molecule has 1 N–H and O–H groups in total. The van der Waals surface area contributed by atoms with Crippen molar-refractivity contribution in [3.8, 4) is 0 Å². The average Bonchev–Trinajstić information content (AvgIpc) is 3.13. The Hall–Kier alpha value is -1.63. The number of hydrogen-bond acceptors (Lipinski definition) is 3. The third kappa shape index (κ3) is 1.81. The van der Waals surface area contributed by atoms with Gasteiger partial charge in [0.25, 0.3) is 5.91 Å². The summed E-state index contributed by atoms with van der Waals surface area (Å²) in [6.45, 7) is 1.06. The van der Waals surface area contributed by atoms with E-state index in [-0.39, 0.29) is 15.8 Å². The minimum Gasteiger partial charge on any atom is -0.320 e. The fraction of sp³-hybridized carbons (Fsp3) is 0.267. The lowest BCUT2D eigenvalue weighted by Gasteiger charge is -2.18. The van der Waals surface area contributed by atoms with Crippen LogP contribution >= 0.6 is 11.6 Å². The van der Waals surface area contributed by atoms with E-state index in [1.165, 1.54) is 10.4 Å². The number of amides is 1. The van der Waals surface area contributed by atoms with E-state index >= 15 is 0 Å². The highest BCUT2D eigenvalue weighted by Gasteiger charge is 2.32. The van der Waals surface area contributed by atoms with E-state index < -0.39 is 10.0 Å². The van der Waals surface area contributed by atoms with Gasteiger partial charge in [-0.3, -0.25) is 4.79 Å². The first kappa shape index (κ1) is 14.0. The minimum atomic E-state index is -3.60. The maximum Gasteiger partial charge on any atom is 0.256 e. The Bertz CT molecular complexity index is 918. The van der Waals surface area contributed by atoms with Gasteiger partial charge in [0.05, 0.1) is 15.6 Å². The predicted molar refractivity (Wildman–Crippen MR) is 84.9 cm³/mol. The Morgan fingerprint density at radius 1 is 1.18 bits per heavy atom. The summed E-state index contributed by atoms with van der Waals surface area (Å²) in [5.74, 6) is -0.252. The molecular weight excluding hydrogens is 324 g/mol. The number of sulfonamides is 1. The van der Waals surface area contributed by atoms with Gasteiger partial charge in [-0.2, -0.15) is 4.31 Å². The summed E-state index contributed by atoms with van der Waals surface area (Å²) in [5, 5.41) is 4.10. The van der Waals surface area contributed by atoms with Gasteiger partial charge in [-0.15, -0.1) is 0 Å². The van der Waals surface area contributed by atoms with Crippen LogP contribution in [0.25, 0.3) is 10.8 Å². The molecule has 1 amide bonds. The van der Waals surface area contributed by atoms with Crippen LogP contribution in [0.3, 0.4) is 0 Å². The molecule has 2 aliphatic heterocycles. The molecule has 0 unspecified atom stereocenters. The summed E-state index contributed by atoms with van der Waals surface area (Å²) >= 11 is 6.22. The molecule has 0 aliphatic carbocycles. The zero-order valence-electron chi connectivity index (χ0n) is 11.6. The monoisotopic (exact) mass is 336 g/mol. The highest BCUT2D eigenvalue weighted by molar-refractivity contribution is 7.89. The first-order chi connectivity index (χ1) is 10.5. The van der Waals surface area contributed by atoms with Crippen LogP contribution in [0, 0.1) is 0 Å². The number of anilines is 1. The van der Waals surface area contributed by atoms with Crippen molar-refractivity contribution < 1.29 is 13.2 Å². The molecule has 114 valence electrons. The molecule has 0 bridgehead atoms. The van der Waals surface area contributed by atoms with E-state index in [0.717, 1.165) is 12.8 Å². The highest BCUT2D eigenvalue weighted by Crippen LogP contribution is 2.42. The van der Waals surface area contributed by atoms with Crippen molar-refractivity contribution in [2.75, 3.05) is 18.4 Å². The predicted octanol–water partition coefficient (Wildman–Crippen LogP) is 2.84. The molecule has 1 saturated heterocycles. The zero-order valence-corrected chi connectivity index (χ0v) is 13.2. The maximum absolute atomic E-state index is 12.9. The normalized spacial score (nSPS) is 18.1. The number of rotatable bonds is 2. The molecule has 0 spiro atoms. The number of hydrogen-bond donors (Lipinski definition) is 1. The van der Waals surface area contributed by atoms with Crippen LogP contribution in [0.1, 0.15) is 23.2 Å². The largest absolute Gasteiger partial charge is 0.320 e. The summed E-state index contributed by atoms with van der Waals surface area (Å²) in [4.78, 5) is 12.2. The standard InChI is InChI=1S/C15H13ClN2O3S/c16-11-8-12(22(20,21)18-6-1-2-7-18)9-4-3-5-10-13(9)14(11)17-15(10)19/h3-5,8H,1-2,6-7H2,(H,17,19). The number of carbonyl (C=O) groups is 1. The lowest BCUT2D eigenvalue weighted by molar-refractivity contribution is 0.103. The number of benzene rings is 2. The second-order valence-electron chi connectivity index (χ2n) is 5.52. The van der Waals surface area contributed by atoms with Crippen molar-refractivity contribution >= 4 is 44.0 Å². The molecule has 7 heteroatoms. The molecule has 0 radical (unpaired) electrons. The second kappa shape index (κ2) is 4.68. The van der Waals surface area contributed by atoms with Crippen molar-refractivity contribution in [2.45, 2.75) is 17.7 Å². The van der Waals surface area contributed by atoms with E-state index in [4.69, 9.17) is 11.6 Å². The Morgan fingerprint density at radius 3 is 2.64 bits per heavy atom. The third-order valence-electron chi connectivity index (χ3n) is 4.24. The van der Waals surface area contributed by atoms with Gasteiger partial charge >= 0.3 is 0 Å². The fourth-order valence-corrected chi connectivity index (χ4v) is 5.23. The van der Waals surface area contributed by atoms with Crippen molar-refractivity contribution in [1.29, 1.82) is 0 Å². The number of halogens is 1. The minimum absolute atomic E-state index is 0.177. The van der Waals surface area contributed by atoms with Gasteiger partial charge in [0.2, 0.25) is 10.0 Å². The van der Waals surface area contributed by atoms with Gasteiger partial charge in [-0.05, 0) is 25.0 Å². The summed E-state index contributed by atoms with van der Waals surface area (Å²) < 4.78 is 27.3. The molecule has 2 aromatic rings. The molecule has 2 heterocycles. The molecular formula is C15H13ClN2O3S. The fourth-order valence-electron chi connectivity index (χ4n) is 3.18. The van der Waals surface area contributed by atoms with Crippen molar-refractivity contribution in [3.63, 3.8) is 0 Å². The summed E-state index contributed by atoms with van der Waals surface area (Å²) in [6, 6.07) is 6.55. The summed E-state index contributed by atoms with van der Waals surface area (Å²) in [7, 11) is -3.60. The molecule has 2 aromatic carbocycles. The molecule has 0 aromatic heterocycles. The number of nitrogens with one attached hydrogen (secondary N) is 1. The van der Waals surface area contributed by atoms with Crippen molar-refractivity contribution in [1.82, 2.24) is 4.31 Å². The molecule has 1 fully saturated rings. The Balaban J connectivity index is 2.05. The van der Waals surface area contributed by atoms with Gasteiger partial charge in [-0.25, -0.2) is 8.42 Å². The van der Waals surface area contributed by atoms with E-state index in [0.29, 0.717) is 35.1 Å². The Labute approximate surface area is 132 Å². The quantitative estimate of drug-likeness (QED) is 0.917. The smallest absolute Gasteiger partial charge is 0.256 e. The first-order valence-electron chi connectivity index (χ1n) is 7.07. The van der Waals surface area contributed by atoms with Gasteiger partial charge in [0, 0.05) is 29.4 Å². The van der Waals surface area contributed by atoms with Crippen molar-refractivity contribution in [2.24, 2.45) is 0 Å². The SMILES string of the molecule is O=C1Nc2c(Cl)cc(S(=O)(=O)N3CCCC3)c3cccc1c23. The number of nitrogens with zero attached hydrogens (tertiary/aromatic N) is 1. The molecule has 0 saturated carbocycles. The van der Waals surface area contributed by atoms with Crippen LogP contribution < -0.4 is 5.32 Å². The third-order valence-corrected chi connectivity index (χ3v) is 6.48. The lowest BCUT2D eigenvalue weighted by atomic mass is 10.1. The molecule has 0 atom stereocenters. The molecule has 22 heavy (non-hydrogen) atoms. The van der Waals surface area contributed by atoms with E-state index in [9.17, 15) is 13.2 Å². The van der Waals surface area contributed by atoms with Gasteiger partial charge in [-0.1, -0.05) is 23.7 Å². The van der Waals surface area contributed by atoms with E-state index in [2.05, 4.69) is 5.32 Å². The Morgan fingerprint density at radius 2 is 1.91 bits per heavy atom.